The van der Waals surface area contributed by atoms with E-state index >= 15 is 0 Å². The van der Waals surface area contributed by atoms with E-state index in [0.717, 1.165) is 16.9 Å². The largest absolute Gasteiger partial charge is 0.489 e. The second-order valence-electron chi connectivity index (χ2n) is 5.09. The van der Waals surface area contributed by atoms with Crippen molar-refractivity contribution in [3.8, 4) is 22.3 Å². The van der Waals surface area contributed by atoms with E-state index in [1.807, 2.05) is 29.6 Å². The summed E-state index contributed by atoms with van der Waals surface area (Å²) in [5, 5.41) is 11.2. The lowest BCUT2D eigenvalue weighted by Gasteiger charge is -2.10. The molecular weight excluding hydrogens is 368 g/mol. The third-order valence-corrected chi connectivity index (χ3v) is 5.39. The van der Waals surface area contributed by atoms with Crippen molar-refractivity contribution >= 4 is 34.7 Å². The lowest BCUT2D eigenvalue weighted by molar-refractivity contribution is 0.297. The van der Waals surface area contributed by atoms with Crippen LogP contribution in [0.4, 0.5) is 0 Å². The van der Waals surface area contributed by atoms with Gasteiger partial charge in [0.15, 0.2) is 11.5 Å². The first kappa shape index (κ1) is 15.8. The Morgan fingerprint density at radius 2 is 2.12 bits per heavy atom. The summed E-state index contributed by atoms with van der Waals surface area (Å²) in [4.78, 5) is 0.966. The minimum absolute atomic E-state index is 0.529. The molecule has 1 aliphatic heterocycles. The fourth-order valence-corrected chi connectivity index (χ4v) is 3.91. The molecule has 3 heterocycles. The fourth-order valence-electron chi connectivity index (χ4n) is 2.28. The van der Waals surface area contributed by atoms with E-state index in [1.165, 1.54) is 11.8 Å². The number of aromatic nitrogens is 2. The number of hydrogen-bond donors (Lipinski definition) is 0. The van der Waals surface area contributed by atoms with Gasteiger partial charge in [-0.1, -0.05) is 29.4 Å². The Kier molecular flexibility index (Phi) is 4.64. The average molecular weight is 381 g/mol. The number of halogens is 1. The van der Waals surface area contributed by atoms with Crippen LogP contribution in [0, 0.1) is 0 Å². The molecule has 0 atom stereocenters. The maximum atomic E-state index is 6.31. The molecule has 0 saturated heterocycles. The minimum Gasteiger partial charge on any atom is -0.489 e. The second-order valence-corrected chi connectivity index (χ2v) is 7.38. The maximum Gasteiger partial charge on any atom is 0.277 e. The zero-order chi connectivity index (χ0) is 16.4. The Morgan fingerprint density at radius 1 is 1.21 bits per heavy atom. The number of nitrogens with zero attached hydrogens (tertiary/aromatic N) is 2. The normalized spacial score (nSPS) is 13.7. The quantitative estimate of drug-likeness (QED) is 0.599. The first-order valence-electron chi connectivity index (χ1n) is 7.38. The molecule has 5 nitrogen and oxygen atoms in total. The topological polar surface area (TPSA) is 57.4 Å². The molecule has 0 unspecified atom stereocenters. The summed E-state index contributed by atoms with van der Waals surface area (Å²) in [6.07, 6.45) is 0.850. The van der Waals surface area contributed by atoms with Gasteiger partial charge in [-0.25, -0.2) is 0 Å². The highest BCUT2D eigenvalue weighted by atomic mass is 35.5. The number of thioether (sulfide) groups is 1. The molecule has 0 amide bonds. The van der Waals surface area contributed by atoms with Gasteiger partial charge in [-0.15, -0.1) is 21.5 Å². The number of fused-ring (bicyclic) bond motifs is 1. The van der Waals surface area contributed by atoms with E-state index in [9.17, 15) is 0 Å². The summed E-state index contributed by atoms with van der Waals surface area (Å²) < 4.78 is 17.0. The third-order valence-electron chi connectivity index (χ3n) is 3.36. The highest BCUT2D eigenvalue weighted by Crippen LogP contribution is 2.39. The van der Waals surface area contributed by atoms with E-state index in [2.05, 4.69) is 10.2 Å². The summed E-state index contributed by atoms with van der Waals surface area (Å²) in [7, 11) is 0. The predicted molar refractivity (Wildman–Crippen MR) is 94.2 cm³/mol. The van der Waals surface area contributed by atoms with Gasteiger partial charge in [0.1, 0.15) is 0 Å². The van der Waals surface area contributed by atoms with Gasteiger partial charge in [0, 0.05) is 12.2 Å². The summed E-state index contributed by atoms with van der Waals surface area (Å²) in [6.45, 7) is 1.25. The SMILES string of the molecule is Clc1cc(CSc2nnc(-c3cccs3)o2)cc2c1OCCCO2. The molecule has 124 valence electrons. The van der Waals surface area contributed by atoms with Crippen molar-refractivity contribution in [2.24, 2.45) is 0 Å². The van der Waals surface area contributed by atoms with Gasteiger partial charge in [0.25, 0.3) is 11.1 Å². The standard InChI is InChI=1S/C16H13ClN2O3S2/c17-11-7-10(8-12-14(11)21-5-2-4-20-12)9-24-16-19-18-15(22-16)13-3-1-6-23-13/h1,3,6-8H,2,4-5,9H2. The van der Waals surface area contributed by atoms with Crippen molar-refractivity contribution in [1.29, 1.82) is 0 Å². The highest BCUT2D eigenvalue weighted by Gasteiger charge is 2.16. The van der Waals surface area contributed by atoms with Crippen LogP contribution in [0.1, 0.15) is 12.0 Å². The number of benzene rings is 1. The molecule has 8 heteroatoms. The Labute approximate surface area is 151 Å². The molecular formula is C16H13ClN2O3S2. The number of ether oxygens (including phenoxy) is 2. The molecule has 0 bridgehead atoms. The average Bonchev–Trinajstić information content (AvgIpc) is 3.21. The smallest absolute Gasteiger partial charge is 0.277 e. The molecule has 3 aromatic rings. The van der Waals surface area contributed by atoms with E-state index in [4.69, 9.17) is 25.5 Å². The van der Waals surface area contributed by atoms with Crippen molar-refractivity contribution in [1.82, 2.24) is 10.2 Å². The lowest BCUT2D eigenvalue weighted by atomic mass is 10.2. The molecule has 1 aromatic carbocycles. The summed E-state index contributed by atoms with van der Waals surface area (Å²) in [5.74, 6) is 2.52. The Balaban J connectivity index is 1.48. The van der Waals surface area contributed by atoms with E-state index in [1.54, 1.807) is 11.3 Å². The molecule has 0 aliphatic carbocycles. The molecule has 0 fully saturated rings. The van der Waals surface area contributed by atoms with Crippen LogP contribution in [0.15, 0.2) is 39.3 Å². The van der Waals surface area contributed by atoms with E-state index in [0.29, 0.717) is 46.6 Å². The molecule has 0 spiro atoms. The van der Waals surface area contributed by atoms with Gasteiger partial charge in [0.2, 0.25) is 0 Å². The minimum atomic E-state index is 0.529. The summed E-state index contributed by atoms with van der Waals surface area (Å²) in [6, 6.07) is 7.75. The van der Waals surface area contributed by atoms with Gasteiger partial charge in [-0.3, -0.25) is 0 Å². The third kappa shape index (κ3) is 3.38. The molecule has 24 heavy (non-hydrogen) atoms. The van der Waals surface area contributed by atoms with Crippen LogP contribution in [-0.4, -0.2) is 23.4 Å². The Morgan fingerprint density at radius 3 is 3.00 bits per heavy atom. The van der Waals surface area contributed by atoms with E-state index in [-0.39, 0.29) is 0 Å². The first-order chi connectivity index (χ1) is 11.8. The zero-order valence-corrected chi connectivity index (χ0v) is 14.9. The Hall–Kier alpha value is -1.70. The second kappa shape index (κ2) is 7.04. The van der Waals surface area contributed by atoms with Gasteiger partial charge in [-0.05, 0) is 29.1 Å². The summed E-state index contributed by atoms with van der Waals surface area (Å²) >= 11 is 9.34. The van der Waals surface area contributed by atoms with Crippen molar-refractivity contribution in [3.05, 3.63) is 40.2 Å². The van der Waals surface area contributed by atoms with Crippen molar-refractivity contribution in [2.75, 3.05) is 13.2 Å². The fraction of sp³-hybridized carbons (Fsp3) is 0.250. The first-order valence-corrected chi connectivity index (χ1v) is 9.62. The van der Waals surface area contributed by atoms with Crippen molar-refractivity contribution in [2.45, 2.75) is 17.4 Å². The van der Waals surface area contributed by atoms with Crippen molar-refractivity contribution in [3.63, 3.8) is 0 Å². The van der Waals surface area contributed by atoms with Gasteiger partial charge >= 0.3 is 0 Å². The molecule has 0 radical (unpaired) electrons. The van der Waals surface area contributed by atoms with Gasteiger partial charge < -0.3 is 13.9 Å². The van der Waals surface area contributed by atoms with Crippen LogP contribution in [-0.2, 0) is 5.75 Å². The number of rotatable bonds is 4. The van der Waals surface area contributed by atoms with Gasteiger partial charge in [-0.2, -0.15) is 0 Å². The highest BCUT2D eigenvalue weighted by molar-refractivity contribution is 7.98. The van der Waals surface area contributed by atoms with Crippen LogP contribution in [0.2, 0.25) is 5.02 Å². The summed E-state index contributed by atoms with van der Waals surface area (Å²) in [5.41, 5.74) is 1.02. The van der Waals surface area contributed by atoms with Crippen LogP contribution in [0.25, 0.3) is 10.8 Å². The van der Waals surface area contributed by atoms with Crippen LogP contribution in [0.5, 0.6) is 11.5 Å². The molecule has 2 aromatic heterocycles. The molecule has 1 aliphatic rings. The van der Waals surface area contributed by atoms with E-state index < -0.39 is 0 Å². The maximum absolute atomic E-state index is 6.31. The lowest BCUT2D eigenvalue weighted by Crippen LogP contribution is -1.97. The zero-order valence-electron chi connectivity index (χ0n) is 12.5. The number of thiophene rings is 1. The van der Waals surface area contributed by atoms with Gasteiger partial charge in [0.05, 0.1) is 23.1 Å². The van der Waals surface area contributed by atoms with Crippen LogP contribution >= 0.6 is 34.7 Å². The number of hydrogen-bond acceptors (Lipinski definition) is 7. The monoisotopic (exact) mass is 380 g/mol. The molecule has 4 rings (SSSR count). The van der Waals surface area contributed by atoms with Crippen LogP contribution in [0.3, 0.4) is 0 Å². The predicted octanol–water partition coefficient (Wildman–Crippen LogP) is 4.91. The molecule has 0 N–H and O–H groups in total. The van der Waals surface area contributed by atoms with Crippen molar-refractivity contribution < 1.29 is 13.9 Å². The Bertz CT molecular complexity index is 836. The molecule has 0 saturated carbocycles. The van der Waals surface area contributed by atoms with Crippen LogP contribution < -0.4 is 9.47 Å².